The number of rotatable bonds is 43. The van der Waals surface area contributed by atoms with E-state index in [1.807, 2.05) is 21.1 Å². The van der Waals surface area contributed by atoms with Crippen LogP contribution in [0, 0.1) is 0 Å². The van der Waals surface area contributed by atoms with Crippen molar-refractivity contribution in [2.45, 2.75) is 200 Å². The molecule has 2 atom stereocenters. The Kier molecular flexibility index (Phi) is 40.1. The van der Waals surface area contributed by atoms with Gasteiger partial charge in [-0.15, -0.1) is 0 Å². The lowest BCUT2D eigenvalue weighted by Gasteiger charge is -2.28. The van der Waals surface area contributed by atoms with Crippen molar-refractivity contribution >= 4 is 13.8 Å². The quantitative estimate of drug-likeness (QED) is 0.0199. The third-order valence-electron chi connectivity index (χ3n) is 9.85. The highest BCUT2D eigenvalue weighted by Crippen LogP contribution is 2.38. The second kappa shape index (κ2) is 41.2. The second-order valence-corrected chi connectivity index (χ2v) is 18.2. The molecule has 0 saturated heterocycles. The number of quaternary nitrogens is 1. The average molecular weight is 824 g/mol. The maximum atomic E-state index is 12.7. The zero-order chi connectivity index (χ0) is 42.0. The smallest absolute Gasteiger partial charge is 0.306 e. The van der Waals surface area contributed by atoms with E-state index in [1.54, 1.807) is 0 Å². The minimum Gasteiger partial charge on any atom is -0.756 e. The van der Waals surface area contributed by atoms with Gasteiger partial charge < -0.3 is 27.9 Å². The lowest BCUT2D eigenvalue weighted by atomic mass is 10.1. The fourth-order valence-corrected chi connectivity index (χ4v) is 6.92. The van der Waals surface area contributed by atoms with E-state index in [2.05, 4.69) is 62.5 Å². The number of carbonyl (C=O) groups excluding carboxylic acids is 1. The predicted molar refractivity (Wildman–Crippen MR) is 240 cm³/mol. The topological polar surface area (TPSA) is 94.1 Å². The number of likely N-dealkylation sites (N-methyl/N-ethyl adjacent to an activating group) is 1. The van der Waals surface area contributed by atoms with Crippen LogP contribution in [0.3, 0.4) is 0 Å². The van der Waals surface area contributed by atoms with Crippen molar-refractivity contribution in [1.29, 1.82) is 0 Å². The summed E-state index contributed by atoms with van der Waals surface area (Å²) in [6.45, 7) is 5.35. The molecular weight excluding hydrogens is 734 g/mol. The van der Waals surface area contributed by atoms with Crippen molar-refractivity contribution in [3.05, 3.63) is 48.6 Å². The molecule has 0 aromatic carbocycles. The maximum Gasteiger partial charge on any atom is 0.306 e. The molecule has 0 aromatic heterocycles. The van der Waals surface area contributed by atoms with Crippen LogP contribution in [-0.2, 0) is 27.9 Å². The van der Waals surface area contributed by atoms with Crippen LogP contribution in [0.25, 0.3) is 0 Å². The number of ether oxygens (including phenoxy) is 2. The van der Waals surface area contributed by atoms with Crippen molar-refractivity contribution in [3.63, 3.8) is 0 Å². The highest BCUT2D eigenvalue weighted by atomic mass is 31.2. The number of carbonyl (C=O) groups is 1. The van der Waals surface area contributed by atoms with Gasteiger partial charge in [-0.05, 0) is 77.0 Å². The maximum absolute atomic E-state index is 12.7. The Morgan fingerprint density at radius 1 is 0.544 bits per heavy atom. The Labute approximate surface area is 352 Å². The van der Waals surface area contributed by atoms with Crippen LogP contribution in [0.1, 0.15) is 194 Å². The van der Waals surface area contributed by atoms with Crippen LogP contribution in [0.4, 0.5) is 0 Å². The van der Waals surface area contributed by atoms with E-state index in [-0.39, 0.29) is 25.8 Å². The Hall–Kier alpha value is -1.54. The van der Waals surface area contributed by atoms with Gasteiger partial charge in [0.1, 0.15) is 19.3 Å². The molecule has 0 amide bonds. The average Bonchev–Trinajstić information content (AvgIpc) is 3.16. The molecule has 0 radical (unpaired) electrons. The molecule has 0 bridgehead atoms. The van der Waals surface area contributed by atoms with Gasteiger partial charge in [0.05, 0.1) is 34.4 Å². The third-order valence-corrected chi connectivity index (χ3v) is 10.8. The van der Waals surface area contributed by atoms with E-state index in [4.69, 9.17) is 18.5 Å². The summed E-state index contributed by atoms with van der Waals surface area (Å²) < 4.78 is 34.6. The van der Waals surface area contributed by atoms with Gasteiger partial charge in [0.2, 0.25) is 0 Å². The Bertz CT molecular complexity index is 1050. The third kappa shape index (κ3) is 45.4. The number of phosphoric acid groups is 1. The summed E-state index contributed by atoms with van der Waals surface area (Å²) in [5, 5.41) is 0. The first-order chi connectivity index (χ1) is 27.6. The molecular formula is C48H90NO7P. The zero-order valence-electron chi connectivity index (χ0n) is 37.8. The van der Waals surface area contributed by atoms with Crippen LogP contribution in [0.2, 0.25) is 0 Å². The van der Waals surface area contributed by atoms with Gasteiger partial charge in [0.25, 0.3) is 7.82 Å². The van der Waals surface area contributed by atoms with E-state index in [0.717, 1.165) is 64.2 Å². The fraction of sp³-hybridized carbons (Fsp3) is 0.812. The van der Waals surface area contributed by atoms with E-state index >= 15 is 0 Å². The van der Waals surface area contributed by atoms with Crippen LogP contribution >= 0.6 is 7.82 Å². The molecule has 0 N–H and O–H groups in total. The van der Waals surface area contributed by atoms with Gasteiger partial charge in [-0.3, -0.25) is 9.36 Å². The lowest BCUT2D eigenvalue weighted by Crippen LogP contribution is -2.37. The van der Waals surface area contributed by atoms with E-state index in [9.17, 15) is 14.3 Å². The minimum absolute atomic E-state index is 0.0212. The molecule has 0 aliphatic carbocycles. The molecule has 2 unspecified atom stereocenters. The monoisotopic (exact) mass is 824 g/mol. The summed E-state index contributed by atoms with van der Waals surface area (Å²) in [7, 11) is 1.34. The molecule has 0 aliphatic heterocycles. The SMILES string of the molecule is CCCCC/C=C\C/C=C\C/C=C\CCCCCCCCCOCC(COP(=O)([O-])OCC[N+](C)(C)C)OC(=O)CCCCCCC/C=C\CCCCCCCC. The molecule has 0 heterocycles. The minimum atomic E-state index is -4.53. The van der Waals surface area contributed by atoms with Crippen molar-refractivity contribution in [2.75, 3.05) is 54.1 Å². The number of nitrogens with zero attached hydrogens (tertiary/aromatic N) is 1. The standard InChI is InChI=1S/C48H90NO7P/c1-6-8-10-12-14-16-18-20-22-23-24-25-26-28-30-32-34-36-38-40-43-53-45-47(46-55-57(51,52)54-44-42-49(3,4)5)56-48(50)41-39-37-35-33-31-29-27-21-19-17-15-13-11-9-7-2/h14,16,20-22,24-25,27,47H,6-13,15,17-19,23,26,28-46H2,1-5H3/b16-14-,22-20-,25-24-,27-21-. The summed E-state index contributed by atoms with van der Waals surface area (Å²) in [5.74, 6) is -0.347. The normalized spacial score (nSPS) is 14.1. The van der Waals surface area contributed by atoms with Gasteiger partial charge in [-0.25, -0.2) is 0 Å². The van der Waals surface area contributed by atoms with Crippen LogP contribution < -0.4 is 4.89 Å². The van der Waals surface area contributed by atoms with Gasteiger partial charge in [-0.2, -0.15) is 0 Å². The fourth-order valence-electron chi connectivity index (χ4n) is 6.19. The van der Waals surface area contributed by atoms with Crippen LogP contribution in [-0.4, -0.2) is 70.7 Å². The van der Waals surface area contributed by atoms with Gasteiger partial charge in [0.15, 0.2) is 0 Å². The van der Waals surface area contributed by atoms with E-state index in [1.165, 1.54) is 109 Å². The molecule has 57 heavy (non-hydrogen) atoms. The van der Waals surface area contributed by atoms with Gasteiger partial charge in [-0.1, -0.05) is 159 Å². The summed E-state index contributed by atoms with van der Waals surface area (Å²) >= 11 is 0. The number of allylic oxidation sites excluding steroid dienone is 8. The van der Waals surface area contributed by atoms with E-state index in [0.29, 0.717) is 24.1 Å². The Morgan fingerprint density at radius 2 is 0.965 bits per heavy atom. The van der Waals surface area contributed by atoms with Gasteiger partial charge in [0, 0.05) is 13.0 Å². The Morgan fingerprint density at radius 3 is 1.49 bits per heavy atom. The predicted octanol–water partition coefficient (Wildman–Crippen LogP) is 13.3. The highest BCUT2D eigenvalue weighted by Gasteiger charge is 2.20. The summed E-state index contributed by atoms with van der Waals surface area (Å²) in [6.07, 6.45) is 49.8. The summed E-state index contributed by atoms with van der Waals surface area (Å²) in [6, 6.07) is 0. The van der Waals surface area contributed by atoms with Crippen molar-refractivity contribution in [1.82, 2.24) is 0 Å². The van der Waals surface area contributed by atoms with E-state index < -0.39 is 13.9 Å². The molecule has 8 nitrogen and oxygen atoms in total. The molecule has 0 fully saturated rings. The van der Waals surface area contributed by atoms with Crippen molar-refractivity contribution in [3.8, 4) is 0 Å². The molecule has 334 valence electrons. The number of hydrogen-bond donors (Lipinski definition) is 0. The molecule has 0 rings (SSSR count). The van der Waals surface area contributed by atoms with Gasteiger partial charge >= 0.3 is 5.97 Å². The van der Waals surface area contributed by atoms with Crippen molar-refractivity contribution in [2.24, 2.45) is 0 Å². The lowest BCUT2D eigenvalue weighted by molar-refractivity contribution is -0.870. The van der Waals surface area contributed by atoms with Crippen molar-refractivity contribution < 1.29 is 37.3 Å². The molecule has 0 spiro atoms. The first kappa shape index (κ1) is 55.5. The number of phosphoric ester groups is 1. The number of unbranched alkanes of at least 4 members (excludes halogenated alkanes) is 21. The second-order valence-electron chi connectivity index (χ2n) is 16.8. The molecule has 0 aromatic rings. The first-order valence-corrected chi connectivity index (χ1v) is 24.8. The largest absolute Gasteiger partial charge is 0.756 e. The van der Waals surface area contributed by atoms with Crippen LogP contribution in [0.15, 0.2) is 48.6 Å². The summed E-state index contributed by atoms with van der Waals surface area (Å²) in [4.78, 5) is 25.1. The zero-order valence-corrected chi connectivity index (χ0v) is 38.7. The highest BCUT2D eigenvalue weighted by molar-refractivity contribution is 7.45. The van der Waals surface area contributed by atoms with Crippen LogP contribution in [0.5, 0.6) is 0 Å². The molecule has 0 aliphatic rings. The Balaban J connectivity index is 4.23. The number of hydrogen-bond acceptors (Lipinski definition) is 7. The summed E-state index contributed by atoms with van der Waals surface area (Å²) in [5.41, 5.74) is 0. The first-order valence-electron chi connectivity index (χ1n) is 23.4. The molecule has 0 saturated carbocycles. The number of esters is 1. The molecule has 9 heteroatoms.